The Kier molecular flexibility index (Phi) is 6.18. The number of aromatic nitrogens is 1. The summed E-state index contributed by atoms with van der Waals surface area (Å²) in [6.45, 7) is 0. The van der Waals surface area contributed by atoms with Crippen molar-refractivity contribution in [1.29, 1.82) is 0 Å². The molecule has 0 spiro atoms. The summed E-state index contributed by atoms with van der Waals surface area (Å²) in [4.78, 5) is 13.5. The molecule has 2 aliphatic rings. The van der Waals surface area contributed by atoms with E-state index in [1.807, 2.05) is 6.07 Å². The van der Waals surface area contributed by atoms with Crippen LogP contribution in [0.3, 0.4) is 0 Å². The third-order valence-corrected chi connectivity index (χ3v) is 6.38. The largest absolute Gasteiger partial charge is 0.418 e. The molecule has 9 heteroatoms. The number of hydrogen-bond donors (Lipinski definition) is 0. The van der Waals surface area contributed by atoms with Crippen LogP contribution < -0.4 is 0 Å². The van der Waals surface area contributed by atoms with E-state index in [0.717, 1.165) is 36.1 Å². The van der Waals surface area contributed by atoms with Gasteiger partial charge in [0.2, 0.25) is 0 Å². The highest BCUT2D eigenvalue weighted by atomic mass is 19.4. The van der Waals surface area contributed by atoms with Crippen molar-refractivity contribution in [3.8, 4) is 0 Å². The van der Waals surface area contributed by atoms with Gasteiger partial charge >= 0.3 is 12.4 Å². The smallest absolute Gasteiger partial charge is 0.251 e. The Hall–Kier alpha value is -3.49. The summed E-state index contributed by atoms with van der Waals surface area (Å²) in [5, 5.41) is 0. The Morgan fingerprint density at radius 2 is 1.00 bits per heavy atom. The van der Waals surface area contributed by atoms with E-state index in [9.17, 15) is 26.3 Å². The average Bonchev–Trinajstić information content (AvgIpc) is 2.83. The van der Waals surface area contributed by atoms with E-state index < -0.39 is 23.5 Å². The molecular formula is C27H21F6N3. The molecule has 0 radical (unpaired) electrons. The lowest BCUT2D eigenvalue weighted by molar-refractivity contribution is -0.137. The van der Waals surface area contributed by atoms with Crippen molar-refractivity contribution < 1.29 is 26.3 Å². The lowest BCUT2D eigenvalue weighted by atomic mass is 9.87. The maximum Gasteiger partial charge on any atom is 0.418 e. The van der Waals surface area contributed by atoms with Crippen LogP contribution >= 0.6 is 0 Å². The number of nitrogens with zero attached hydrogens (tertiary/aromatic N) is 3. The monoisotopic (exact) mass is 501 g/mol. The fourth-order valence-corrected chi connectivity index (χ4v) is 4.74. The van der Waals surface area contributed by atoms with Gasteiger partial charge in [-0.2, -0.15) is 26.3 Å². The molecule has 0 saturated carbocycles. The van der Waals surface area contributed by atoms with E-state index in [1.165, 1.54) is 36.4 Å². The van der Waals surface area contributed by atoms with Crippen molar-refractivity contribution in [3.63, 3.8) is 0 Å². The minimum absolute atomic E-state index is 0.180. The van der Waals surface area contributed by atoms with Gasteiger partial charge < -0.3 is 0 Å². The van der Waals surface area contributed by atoms with Crippen LogP contribution in [0.5, 0.6) is 0 Å². The molecule has 0 amide bonds. The van der Waals surface area contributed by atoms with Crippen LogP contribution in [0.25, 0.3) is 0 Å². The number of para-hydroxylation sites is 2. The summed E-state index contributed by atoms with van der Waals surface area (Å²) in [6.07, 6.45) is -5.33. The summed E-state index contributed by atoms with van der Waals surface area (Å²) >= 11 is 0. The predicted molar refractivity (Wildman–Crippen MR) is 125 cm³/mol. The zero-order chi connectivity index (χ0) is 25.5. The van der Waals surface area contributed by atoms with Crippen molar-refractivity contribution in [1.82, 2.24) is 4.98 Å². The molecule has 2 aromatic carbocycles. The molecule has 1 aromatic heterocycles. The lowest BCUT2D eigenvalue weighted by Crippen LogP contribution is -2.21. The molecule has 1 heterocycles. The van der Waals surface area contributed by atoms with Gasteiger partial charge in [-0.15, -0.1) is 0 Å². The highest BCUT2D eigenvalue weighted by molar-refractivity contribution is 6.06. The van der Waals surface area contributed by atoms with Crippen LogP contribution in [-0.4, -0.2) is 16.4 Å². The molecule has 0 unspecified atom stereocenters. The molecule has 5 rings (SSSR count). The van der Waals surface area contributed by atoms with E-state index in [1.54, 1.807) is 0 Å². The van der Waals surface area contributed by atoms with E-state index in [-0.39, 0.29) is 11.4 Å². The number of halogens is 6. The highest BCUT2D eigenvalue weighted by Gasteiger charge is 2.35. The van der Waals surface area contributed by atoms with E-state index in [4.69, 9.17) is 4.98 Å². The topological polar surface area (TPSA) is 37.6 Å². The quantitative estimate of drug-likeness (QED) is 0.328. The third kappa shape index (κ3) is 4.79. The van der Waals surface area contributed by atoms with Gasteiger partial charge in [0.1, 0.15) is 0 Å². The van der Waals surface area contributed by atoms with E-state index in [2.05, 4.69) is 9.98 Å². The van der Waals surface area contributed by atoms with E-state index in [0.29, 0.717) is 48.5 Å². The van der Waals surface area contributed by atoms with Crippen molar-refractivity contribution in [2.75, 3.05) is 0 Å². The molecular weight excluding hydrogens is 480 g/mol. The number of rotatable bonds is 2. The summed E-state index contributed by atoms with van der Waals surface area (Å²) in [7, 11) is 0. The molecule has 0 aliphatic heterocycles. The fraction of sp³-hybridized carbons (Fsp3) is 0.296. The first-order valence-electron chi connectivity index (χ1n) is 11.6. The van der Waals surface area contributed by atoms with Crippen LogP contribution in [0.1, 0.15) is 59.3 Å². The Balaban J connectivity index is 1.62. The van der Waals surface area contributed by atoms with Crippen molar-refractivity contribution in [2.24, 2.45) is 9.98 Å². The Labute approximate surface area is 203 Å². The molecule has 0 bridgehead atoms. The molecule has 186 valence electrons. The van der Waals surface area contributed by atoms with Gasteiger partial charge in [-0.3, -0.25) is 9.98 Å². The molecule has 2 aliphatic carbocycles. The first-order chi connectivity index (χ1) is 17.1. The number of fused-ring (bicyclic) bond motifs is 2. The number of aryl methyl sites for hydroxylation is 2. The zero-order valence-electron chi connectivity index (χ0n) is 19.0. The van der Waals surface area contributed by atoms with Gasteiger partial charge in [0.05, 0.1) is 45.3 Å². The van der Waals surface area contributed by atoms with Crippen LogP contribution in [0, 0.1) is 0 Å². The summed E-state index contributed by atoms with van der Waals surface area (Å²) < 4.78 is 81.1. The minimum atomic E-state index is -4.55. The van der Waals surface area contributed by atoms with Gasteiger partial charge in [0.15, 0.2) is 0 Å². The number of hydrogen-bond acceptors (Lipinski definition) is 3. The molecule has 0 atom stereocenters. The first-order valence-corrected chi connectivity index (χ1v) is 11.6. The number of pyridine rings is 1. The molecule has 3 aromatic rings. The maximum absolute atomic E-state index is 13.5. The minimum Gasteiger partial charge on any atom is -0.251 e. The summed E-state index contributed by atoms with van der Waals surface area (Å²) in [6, 6.07) is 12.2. The summed E-state index contributed by atoms with van der Waals surface area (Å²) in [5.41, 5.74) is 1.64. The highest BCUT2D eigenvalue weighted by Crippen LogP contribution is 2.39. The fourth-order valence-electron chi connectivity index (χ4n) is 4.74. The number of benzene rings is 2. The predicted octanol–water partition coefficient (Wildman–Crippen LogP) is 8.03. The molecule has 0 N–H and O–H groups in total. The normalized spacial score (nSPS) is 18.3. The SMILES string of the molecule is FC(F)(F)c1ccccc1N=C1CCCc2cc3c(nc21)C(=Nc1ccccc1C(F)(F)F)CCC3. The summed E-state index contributed by atoms with van der Waals surface area (Å²) in [5.74, 6) is 0. The van der Waals surface area contributed by atoms with Crippen molar-refractivity contribution >= 4 is 22.8 Å². The second-order valence-electron chi connectivity index (χ2n) is 8.86. The van der Waals surface area contributed by atoms with Gasteiger partial charge in [0.25, 0.3) is 0 Å². The Morgan fingerprint density at radius 3 is 1.42 bits per heavy atom. The van der Waals surface area contributed by atoms with Crippen molar-refractivity contribution in [2.45, 2.75) is 50.9 Å². The number of aliphatic imine (C=N–C) groups is 2. The van der Waals surface area contributed by atoms with Gasteiger partial charge in [-0.1, -0.05) is 30.3 Å². The van der Waals surface area contributed by atoms with Gasteiger partial charge in [0, 0.05) is 0 Å². The number of alkyl halides is 6. The van der Waals surface area contributed by atoms with Gasteiger partial charge in [-0.05, 0) is 73.9 Å². The average molecular weight is 501 g/mol. The maximum atomic E-state index is 13.5. The zero-order valence-corrected chi connectivity index (χ0v) is 19.0. The van der Waals surface area contributed by atoms with Crippen LogP contribution in [0.2, 0.25) is 0 Å². The first kappa shape index (κ1) is 24.2. The molecule has 3 nitrogen and oxygen atoms in total. The molecule has 36 heavy (non-hydrogen) atoms. The molecule has 0 fully saturated rings. The Bertz CT molecular complexity index is 1270. The van der Waals surface area contributed by atoms with E-state index >= 15 is 0 Å². The van der Waals surface area contributed by atoms with Crippen molar-refractivity contribution in [3.05, 3.63) is 88.2 Å². The lowest BCUT2D eigenvalue weighted by Gasteiger charge is -2.24. The standard InChI is InChI=1S/C27H21F6N3/c28-26(29,30)18-9-1-3-11-20(18)34-22-13-5-7-16-15-17-8-6-14-23(25(17)36-24(16)22)35-21-12-4-2-10-19(21)27(31,32)33/h1-4,9-12,15H,5-8,13-14H2. The molecule has 0 saturated heterocycles. The second kappa shape index (κ2) is 9.19. The van der Waals surface area contributed by atoms with Crippen LogP contribution in [0.4, 0.5) is 37.7 Å². The third-order valence-electron chi connectivity index (χ3n) is 6.38. The van der Waals surface area contributed by atoms with Crippen LogP contribution in [0.15, 0.2) is 64.6 Å². The van der Waals surface area contributed by atoms with Crippen LogP contribution in [-0.2, 0) is 25.2 Å². The Morgan fingerprint density at radius 1 is 0.583 bits per heavy atom. The second-order valence-corrected chi connectivity index (χ2v) is 8.86. The van der Waals surface area contributed by atoms with Gasteiger partial charge in [-0.25, -0.2) is 4.98 Å².